The largest absolute Gasteiger partial charge is 0.473 e. The van der Waals surface area contributed by atoms with Crippen LogP contribution < -0.4 is 14.8 Å². The quantitative estimate of drug-likeness (QED) is 0.627. The number of hydrogen-bond acceptors (Lipinski definition) is 6. The zero-order chi connectivity index (χ0) is 23.2. The minimum absolute atomic E-state index is 0.0488. The molecule has 1 saturated carbocycles. The Kier molecular flexibility index (Phi) is 7.75. The summed E-state index contributed by atoms with van der Waals surface area (Å²) in [6.45, 7) is 7.11. The molecule has 8 heteroatoms. The van der Waals surface area contributed by atoms with Crippen molar-refractivity contribution in [3.05, 3.63) is 41.7 Å². The van der Waals surface area contributed by atoms with Gasteiger partial charge in [0.2, 0.25) is 11.8 Å². The maximum atomic E-state index is 13.2. The molecule has 1 aromatic heterocycles. The lowest BCUT2D eigenvalue weighted by molar-refractivity contribution is 0.0913. The number of carbonyl (C=O) groups is 1. The zero-order valence-corrected chi connectivity index (χ0v) is 19.4. The van der Waals surface area contributed by atoms with Gasteiger partial charge in [-0.05, 0) is 89.1 Å². The number of halogens is 1. The lowest BCUT2D eigenvalue weighted by atomic mass is 9.97. The topological polar surface area (TPSA) is 76.6 Å². The average Bonchev–Trinajstić information content (AvgIpc) is 3.33. The van der Waals surface area contributed by atoms with Gasteiger partial charge in [-0.2, -0.15) is 0 Å². The summed E-state index contributed by atoms with van der Waals surface area (Å²) in [6, 6.07) is 7.67. The van der Waals surface area contributed by atoms with E-state index in [0.29, 0.717) is 29.8 Å². The second kappa shape index (κ2) is 10.9. The molecule has 1 saturated heterocycles. The minimum Gasteiger partial charge on any atom is -0.473 e. The Hall–Kier alpha value is -2.74. The highest BCUT2D eigenvalue weighted by Crippen LogP contribution is 2.28. The number of rotatable bonds is 8. The van der Waals surface area contributed by atoms with Crippen LogP contribution in [0.15, 0.2) is 30.3 Å². The maximum Gasteiger partial charge on any atom is 0.257 e. The molecule has 2 heterocycles. The summed E-state index contributed by atoms with van der Waals surface area (Å²) in [5.41, 5.74) is 0.311. The number of likely N-dealkylation sites (tertiary alicyclic amines) is 1. The van der Waals surface area contributed by atoms with E-state index in [1.807, 2.05) is 0 Å². The van der Waals surface area contributed by atoms with Crippen LogP contribution in [-0.4, -0.2) is 52.8 Å². The monoisotopic (exact) mass is 456 g/mol. The molecule has 1 aliphatic heterocycles. The van der Waals surface area contributed by atoms with Crippen LogP contribution in [0.1, 0.15) is 62.7 Å². The van der Waals surface area contributed by atoms with Gasteiger partial charge in [-0.15, -0.1) is 10.2 Å². The van der Waals surface area contributed by atoms with Crippen molar-refractivity contribution in [3.63, 3.8) is 0 Å². The molecule has 2 fully saturated rings. The second-order valence-electron chi connectivity index (χ2n) is 9.29. The number of piperidine rings is 1. The first-order chi connectivity index (χ1) is 16.0. The molecule has 1 aliphatic carbocycles. The fourth-order valence-electron chi connectivity index (χ4n) is 4.51. The van der Waals surface area contributed by atoms with Crippen LogP contribution in [0.4, 0.5) is 4.39 Å². The van der Waals surface area contributed by atoms with E-state index < -0.39 is 0 Å². The van der Waals surface area contributed by atoms with Crippen LogP contribution in [0.25, 0.3) is 0 Å². The van der Waals surface area contributed by atoms with E-state index in [1.54, 1.807) is 6.07 Å². The number of nitrogens with one attached hydrogen (secondary N) is 1. The van der Waals surface area contributed by atoms with Gasteiger partial charge in [0, 0.05) is 25.2 Å². The predicted molar refractivity (Wildman–Crippen MR) is 123 cm³/mol. The Bertz CT molecular complexity index is 932. The van der Waals surface area contributed by atoms with Crippen LogP contribution >= 0.6 is 0 Å². The molecule has 0 radical (unpaired) electrons. The molecule has 7 nitrogen and oxygen atoms in total. The number of amides is 1. The smallest absolute Gasteiger partial charge is 0.257 e. The summed E-state index contributed by atoms with van der Waals surface area (Å²) in [4.78, 5) is 15.6. The fourth-order valence-corrected chi connectivity index (χ4v) is 4.51. The molecule has 2 aliphatic rings. The molecule has 2 aromatic rings. The summed E-state index contributed by atoms with van der Waals surface area (Å²) in [5, 5.41) is 11.3. The SMILES string of the molecule is CC(C)N1CCC[C@H](CNC(=O)c2cc(Oc3ccc(F)cc3)nnc2OC2CCCC2)C1. The third-order valence-corrected chi connectivity index (χ3v) is 6.43. The fraction of sp³-hybridized carbons (Fsp3) is 0.560. The first kappa shape index (κ1) is 23.4. The molecular weight excluding hydrogens is 423 g/mol. The third-order valence-electron chi connectivity index (χ3n) is 6.43. The molecule has 0 unspecified atom stereocenters. The van der Waals surface area contributed by atoms with Gasteiger partial charge in [-0.25, -0.2) is 4.39 Å². The molecule has 33 heavy (non-hydrogen) atoms. The molecule has 1 N–H and O–H groups in total. The normalized spacial score (nSPS) is 19.6. The number of benzene rings is 1. The molecule has 1 atom stereocenters. The van der Waals surface area contributed by atoms with E-state index in [0.717, 1.165) is 51.6 Å². The van der Waals surface area contributed by atoms with Crippen molar-refractivity contribution in [1.82, 2.24) is 20.4 Å². The minimum atomic E-state index is -0.354. The van der Waals surface area contributed by atoms with Crippen LogP contribution in [0.3, 0.4) is 0 Å². The van der Waals surface area contributed by atoms with Crippen molar-refractivity contribution in [3.8, 4) is 17.5 Å². The molecule has 4 rings (SSSR count). The molecule has 1 amide bonds. The molecule has 0 bridgehead atoms. The predicted octanol–water partition coefficient (Wildman–Crippen LogP) is 4.58. The van der Waals surface area contributed by atoms with Gasteiger partial charge in [0.15, 0.2) is 0 Å². The number of aromatic nitrogens is 2. The first-order valence-electron chi connectivity index (χ1n) is 12.0. The van der Waals surface area contributed by atoms with E-state index in [1.165, 1.54) is 24.3 Å². The Morgan fingerprint density at radius 1 is 1.15 bits per heavy atom. The van der Waals surface area contributed by atoms with E-state index in [4.69, 9.17) is 9.47 Å². The molecular formula is C25H33FN4O3. The summed E-state index contributed by atoms with van der Waals surface area (Å²) < 4.78 is 24.9. The highest BCUT2D eigenvalue weighted by atomic mass is 19.1. The second-order valence-corrected chi connectivity index (χ2v) is 9.29. The Morgan fingerprint density at radius 2 is 1.91 bits per heavy atom. The summed E-state index contributed by atoms with van der Waals surface area (Å²) in [7, 11) is 0. The zero-order valence-electron chi connectivity index (χ0n) is 19.4. The summed E-state index contributed by atoms with van der Waals surface area (Å²) in [5.74, 6) is 0.620. The Balaban J connectivity index is 1.47. The lowest BCUT2D eigenvalue weighted by Crippen LogP contribution is -2.43. The van der Waals surface area contributed by atoms with Gasteiger partial charge < -0.3 is 19.7 Å². The number of ether oxygens (including phenoxy) is 2. The maximum absolute atomic E-state index is 13.2. The molecule has 1 aromatic carbocycles. The highest BCUT2D eigenvalue weighted by molar-refractivity contribution is 5.96. The summed E-state index contributed by atoms with van der Waals surface area (Å²) in [6.07, 6.45) is 6.41. The highest BCUT2D eigenvalue weighted by Gasteiger charge is 2.25. The number of nitrogens with zero attached hydrogens (tertiary/aromatic N) is 3. The van der Waals surface area contributed by atoms with E-state index in [2.05, 4.69) is 34.3 Å². The number of hydrogen-bond donors (Lipinski definition) is 1. The Morgan fingerprint density at radius 3 is 2.64 bits per heavy atom. The van der Waals surface area contributed by atoms with Crippen LogP contribution in [0.5, 0.6) is 17.5 Å². The van der Waals surface area contributed by atoms with Gasteiger partial charge in [0.1, 0.15) is 23.2 Å². The standard InChI is InChI=1S/C25H33FN4O3/c1-17(2)30-13-5-6-18(16-30)15-27-24(31)22-14-23(32-21-11-9-19(26)10-12-21)28-29-25(22)33-20-7-3-4-8-20/h9-12,14,17-18,20H,3-8,13,15-16H2,1-2H3,(H,27,31)/t18-/m1/s1. The third kappa shape index (κ3) is 6.41. The van der Waals surface area contributed by atoms with Crippen LogP contribution in [-0.2, 0) is 0 Å². The van der Waals surface area contributed by atoms with Crippen molar-refractivity contribution in [2.75, 3.05) is 19.6 Å². The van der Waals surface area contributed by atoms with Crippen molar-refractivity contribution in [1.29, 1.82) is 0 Å². The van der Waals surface area contributed by atoms with Gasteiger partial charge in [0.25, 0.3) is 5.91 Å². The van der Waals surface area contributed by atoms with Crippen molar-refractivity contribution in [2.24, 2.45) is 5.92 Å². The Labute approximate surface area is 194 Å². The van der Waals surface area contributed by atoms with Gasteiger partial charge >= 0.3 is 0 Å². The molecule has 178 valence electrons. The summed E-state index contributed by atoms with van der Waals surface area (Å²) >= 11 is 0. The number of carbonyl (C=O) groups excluding carboxylic acids is 1. The van der Waals surface area contributed by atoms with Gasteiger partial charge in [-0.1, -0.05) is 0 Å². The van der Waals surface area contributed by atoms with Gasteiger partial charge in [-0.3, -0.25) is 4.79 Å². The van der Waals surface area contributed by atoms with Crippen molar-refractivity contribution in [2.45, 2.75) is 64.5 Å². The van der Waals surface area contributed by atoms with E-state index in [9.17, 15) is 9.18 Å². The average molecular weight is 457 g/mol. The van der Waals surface area contributed by atoms with Crippen LogP contribution in [0, 0.1) is 11.7 Å². The van der Waals surface area contributed by atoms with Crippen LogP contribution in [0.2, 0.25) is 0 Å². The van der Waals surface area contributed by atoms with E-state index >= 15 is 0 Å². The lowest BCUT2D eigenvalue weighted by Gasteiger charge is -2.35. The first-order valence-corrected chi connectivity index (χ1v) is 12.0. The molecule has 0 spiro atoms. The van der Waals surface area contributed by atoms with Gasteiger partial charge in [0.05, 0.1) is 0 Å². The van der Waals surface area contributed by atoms with Crippen molar-refractivity contribution < 1.29 is 18.7 Å². The van der Waals surface area contributed by atoms with E-state index in [-0.39, 0.29) is 29.6 Å². The van der Waals surface area contributed by atoms with Crippen molar-refractivity contribution >= 4 is 5.91 Å².